The van der Waals surface area contributed by atoms with Gasteiger partial charge in [-0.05, 0) is 42.5 Å². The van der Waals surface area contributed by atoms with Gasteiger partial charge in [-0.3, -0.25) is 0 Å². The Morgan fingerprint density at radius 2 is 1.86 bits per heavy atom. The van der Waals surface area contributed by atoms with Crippen molar-refractivity contribution in [3.05, 3.63) is 29.3 Å². The lowest BCUT2D eigenvalue weighted by Crippen LogP contribution is -2.34. The minimum Gasteiger partial charge on any atom is -0.316 e. The highest BCUT2D eigenvalue weighted by molar-refractivity contribution is 7.89. The molecule has 0 amide bonds. The summed E-state index contributed by atoms with van der Waals surface area (Å²) >= 11 is 0. The van der Waals surface area contributed by atoms with E-state index >= 15 is 0 Å². The highest BCUT2D eigenvalue weighted by Crippen LogP contribution is 2.25. The summed E-state index contributed by atoms with van der Waals surface area (Å²) in [6.07, 6.45) is 0. The van der Waals surface area contributed by atoms with Crippen molar-refractivity contribution in [2.45, 2.75) is 46.1 Å². The molecule has 0 aromatic heterocycles. The van der Waals surface area contributed by atoms with E-state index in [1.165, 1.54) is 0 Å². The molecule has 21 heavy (non-hydrogen) atoms. The SMILES string of the molecule is CNCc1cccc(S(=O)(=O)NCC(C)C(C)(C)C)c1C. The molecule has 0 aliphatic rings. The van der Waals surface area contributed by atoms with E-state index in [9.17, 15) is 8.42 Å². The molecule has 1 atom stereocenters. The van der Waals surface area contributed by atoms with Gasteiger partial charge in [0.1, 0.15) is 0 Å². The van der Waals surface area contributed by atoms with Crippen LogP contribution in [0.5, 0.6) is 0 Å². The molecular formula is C16H28N2O2S. The van der Waals surface area contributed by atoms with Crippen LogP contribution in [0, 0.1) is 18.3 Å². The van der Waals surface area contributed by atoms with E-state index in [-0.39, 0.29) is 11.3 Å². The summed E-state index contributed by atoms with van der Waals surface area (Å²) in [5.41, 5.74) is 1.89. The van der Waals surface area contributed by atoms with Gasteiger partial charge in [-0.2, -0.15) is 0 Å². The van der Waals surface area contributed by atoms with Crippen molar-refractivity contribution in [2.24, 2.45) is 11.3 Å². The smallest absolute Gasteiger partial charge is 0.240 e. The molecule has 1 rings (SSSR count). The second kappa shape index (κ2) is 6.90. The summed E-state index contributed by atoms with van der Waals surface area (Å²) in [4.78, 5) is 0.372. The van der Waals surface area contributed by atoms with E-state index in [2.05, 4.69) is 37.7 Å². The van der Waals surface area contributed by atoms with Crippen molar-refractivity contribution >= 4 is 10.0 Å². The molecule has 120 valence electrons. The van der Waals surface area contributed by atoms with Crippen LogP contribution >= 0.6 is 0 Å². The molecule has 0 aliphatic heterocycles. The summed E-state index contributed by atoms with van der Waals surface area (Å²) in [6, 6.07) is 5.41. The Kier molecular flexibility index (Phi) is 5.96. The number of sulfonamides is 1. The van der Waals surface area contributed by atoms with Crippen LogP contribution in [0.1, 0.15) is 38.8 Å². The first-order valence-electron chi connectivity index (χ1n) is 7.32. The third-order valence-corrected chi connectivity index (χ3v) is 5.68. The molecule has 0 saturated carbocycles. The predicted octanol–water partition coefficient (Wildman–Crippen LogP) is 2.67. The van der Waals surface area contributed by atoms with Crippen LogP contribution in [0.2, 0.25) is 0 Å². The van der Waals surface area contributed by atoms with Crippen LogP contribution in [-0.2, 0) is 16.6 Å². The van der Waals surface area contributed by atoms with Crippen LogP contribution in [0.15, 0.2) is 23.1 Å². The van der Waals surface area contributed by atoms with Gasteiger partial charge in [0.05, 0.1) is 4.90 Å². The van der Waals surface area contributed by atoms with E-state index < -0.39 is 10.0 Å². The van der Waals surface area contributed by atoms with Crippen molar-refractivity contribution in [1.82, 2.24) is 10.0 Å². The molecule has 2 N–H and O–H groups in total. The number of hydrogen-bond acceptors (Lipinski definition) is 3. The van der Waals surface area contributed by atoms with Crippen LogP contribution in [0.3, 0.4) is 0 Å². The van der Waals surface area contributed by atoms with Crippen LogP contribution in [0.4, 0.5) is 0 Å². The summed E-state index contributed by atoms with van der Waals surface area (Å²) in [5.74, 6) is 0.257. The van der Waals surface area contributed by atoms with E-state index in [4.69, 9.17) is 0 Å². The molecule has 0 heterocycles. The zero-order valence-corrected chi connectivity index (χ0v) is 14.8. The molecular weight excluding hydrogens is 284 g/mol. The maximum atomic E-state index is 12.5. The zero-order chi connectivity index (χ0) is 16.3. The lowest BCUT2D eigenvalue weighted by Gasteiger charge is -2.27. The fraction of sp³-hybridized carbons (Fsp3) is 0.625. The zero-order valence-electron chi connectivity index (χ0n) is 13.9. The fourth-order valence-electron chi connectivity index (χ4n) is 1.95. The number of benzene rings is 1. The first kappa shape index (κ1) is 18.1. The lowest BCUT2D eigenvalue weighted by atomic mass is 9.82. The van der Waals surface area contributed by atoms with Crippen LogP contribution < -0.4 is 10.0 Å². The monoisotopic (exact) mass is 312 g/mol. The molecule has 1 aromatic rings. The van der Waals surface area contributed by atoms with Crippen LogP contribution in [0.25, 0.3) is 0 Å². The minimum absolute atomic E-state index is 0.0749. The Hall–Kier alpha value is -0.910. The third kappa shape index (κ3) is 4.80. The second-order valence-electron chi connectivity index (χ2n) is 6.69. The number of hydrogen-bond donors (Lipinski definition) is 2. The van der Waals surface area contributed by atoms with Crippen LogP contribution in [-0.4, -0.2) is 22.0 Å². The third-order valence-electron chi connectivity index (χ3n) is 4.11. The Bertz CT molecular complexity index is 574. The highest BCUT2D eigenvalue weighted by Gasteiger charge is 2.24. The summed E-state index contributed by atoms with van der Waals surface area (Å²) in [5, 5.41) is 3.06. The Morgan fingerprint density at radius 1 is 1.24 bits per heavy atom. The van der Waals surface area contributed by atoms with Crippen molar-refractivity contribution in [2.75, 3.05) is 13.6 Å². The molecule has 0 aliphatic carbocycles. The fourth-order valence-corrected chi connectivity index (χ4v) is 3.37. The van der Waals surface area contributed by atoms with E-state index in [1.807, 2.05) is 20.0 Å². The van der Waals surface area contributed by atoms with Gasteiger partial charge in [0.2, 0.25) is 10.0 Å². The molecule has 0 fully saturated rings. The maximum Gasteiger partial charge on any atom is 0.240 e. The first-order valence-corrected chi connectivity index (χ1v) is 8.80. The highest BCUT2D eigenvalue weighted by atomic mass is 32.2. The Morgan fingerprint density at radius 3 is 2.38 bits per heavy atom. The molecule has 0 radical (unpaired) electrons. The van der Waals surface area contributed by atoms with Gasteiger partial charge >= 0.3 is 0 Å². The minimum atomic E-state index is -3.46. The van der Waals surface area contributed by atoms with Gasteiger partial charge in [-0.15, -0.1) is 0 Å². The molecule has 4 nitrogen and oxygen atoms in total. The van der Waals surface area contributed by atoms with E-state index in [0.29, 0.717) is 18.0 Å². The largest absolute Gasteiger partial charge is 0.316 e. The standard InChI is InChI=1S/C16H28N2O2S/c1-12(16(3,4)5)10-18-21(19,20)15-9-7-8-14(11-17-6)13(15)2/h7-9,12,17-18H,10-11H2,1-6H3. The van der Waals surface area contributed by atoms with Gasteiger partial charge in [0.15, 0.2) is 0 Å². The van der Waals surface area contributed by atoms with Gasteiger partial charge in [-0.25, -0.2) is 13.1 Å². The van der Waals surface area contributed by atoms with Crippen molar-refractivity contribution in [3.8, 4) is 0 Å². The van der Waals surface area contributed by atoms with E-state index in [0.717, 1.165) is 11.1 Å². The average Bonchev–Trinajstić information content (AvgIpc) is 2.37. The summed E-state index contributed by atoms with van der Waals surface area (Å²) in [6.45, 7) is 11.4. The maximum absolute atomic E-state index is 12.5. The number of nitrogens with one attached hydrogen (secondary N) is 2. The van der Waals surface area contributed by atoms with Gasteiger partial charge in [0, 0.05) is 13.1 Å². The first-order chi connectivity index (χ1) is 9.59. The van der Waals surface area contributed by atoms with Crippen molar-refractivity contribution < 1.29 is 8.42 Å². The van der Waals surface area contributed by atoms with Gasteiger partial charge in [0.25, 0.3) is 0 Å². The molecule has 1 unspecified atom stereocenters. The predicted molar refractivity (Wildman–Crippen MR) is 87.8 cm³/mol. The topological polar surface area (TPSA) is 58.2 Å². The second-order valence-corrected chi connectivity index (χ2v) is 8.42. The Labute approximate surface area is 129 Å². The molecule has 0 spiro atoms. The lowest BCUT2D eigenvalue weighted by molar-refractivity contribution is 0.263. The molecule has 0 bridgehead atoms. The average molecular weight is 312 g/mol. The molecule has 0 saturated heterocycles. The van der Waals surface area contributed by atoms with Gasteiger partial charge < -0.3 is 5.32 Å². The van der Waals surface area contributed by atoms with Crippen molar-refractivity contribution in [3.63, 3.8) is 0 Å². The molecule has 5 heteroatoms. The summed E-state index contributed by atoms with van der Waals surface area (Å²) < 4.78 is 27.8. The molecule has 1 aromatic carbocycles. The number of rotatable bonds is 6. The van der Waals surface area contributed by atoms with Crippen molar-refractivity contribution in [1.29, 1.82) is 0 Å². The summed E-state index contributed by atoms with van der Waals surface area (Å²) in [7, 11) is -1.61. The van der Waals surface area contributed by atoms with Gasteiger partial charge in [-0.1, -0.05) is 39.8 Å². The normalized spacial score (nSPS) is 14.2. The quantitative estimate of drug-likeness (QED) is 0.849. The van der Waals surface area contributed by atoms with E-state index in [1.54, 1.807) is 12.1 Å². The Balaban J connectivity index is 2.96.